The highest BCUT2D eigenvalue weighted by molar-refractivity contribution is 5.80. The van der Waals surface area contributed by atoms with E-state index < -0.39 is 18.1 Å². The summed E-state index contributed by atoms with van der Waals surface area (Å²) in [5, 5.41) is 13.0. The highest BCUT2D eigenvalue weighted by Gasteiger charge is 2.21. The molecule has 4 aromatic rings. The minimum absolute atomic E-state index is 0.0666. The van der Waals surface area contributed by atoms with E-state index >= 15 is 0 Å². The fourth-order valence-electron chi connectivity index (χ4n) is 3.41. The number of aromatic nitrogens is 1. The van der Waals surface area contributed by atoms with E-state index in [-0.39, 0.29) is 13.0 Å². The lowest BCUT2D eigenvalue weighted by Crippen LogP contribution is -2.42. The molecule has 0 aliphatic rings. The molecule has 0 fully saturated rings. The summed E-state index contributed by atoms with van der Waals surface area (Å²) in [5.74, 6) is -0.500. The molecule has 34 heavy (non-hydrogen) atoms. The van der Waals surface area contributed by atoms with Gasteiger partial charge in [0.05, 0.1) is 11.2 Å². The normalized spacial score (nSPS) is 11.5. The second-order valence-electron chi connectivity index (χ2n) is 7.73. The Morgan fingerprint density at radius 3 is 2.32 bits per heavy atom. The molecule has 0 aliphatic heterocycles. The summed E-state index contributed by atoms with van der Waals surface area (Å²) in [4.78, 5) is 28.3. The van der Waals surface area contributed by atoms with Crippen LogP contribution in [0.2, 0.25) is 0 Å². The highest BCUT2D eigenvalue weighted by Crippen LogP contribution is 2.17. The molecule has 0 saturated carbocycles. The summed E-state index contributed by atoms with van der Waals surface area (Å²) in [7, 11) is 0. The summed E-state index contributed by atoms with van der Waals surface area (Å²) < 4.78 is 10.9. The first-order valence-corrected chi connectivity index (χ1v) is 10.8. The number of carboxylic acid groups (broad SMARTS) is 1. The number of rotatable bonds is 9. The third-order valence-electron chi connectivity index (χ3n) is 5.21. The molecular formula is C27H24N2O5. The van der Waals surface area contributed by atoms with Crippen molar-refractivity contribution in [2.75, 3.05) is 0 Å². The van der Waals surface area contributed by atoms with Gasteiger partial charge in [0.15, 0.2) is 0 Å². The molecule has 7 heteroatoms. The number of nitrogens with one attached hydrogen (secondary N) is 1. The number of amides is 1. The van der Waals surface area contributed by atoms with E-state index in [1.165, 1.54) is 0 Å². The number of carbonyl (C=O) groups is 2. The second-order valence-corrected chi connectivity index (χ2v) is 7.73. The molecule has 3 aromatic carbocycles. The van der Waals surface area contributed by atoms with Crippen molar-refractivity contribution >= 4 is 23.0 Å². The maximum atomic E-state index is 12.1. The van der Waals surface area contributed by atoms with Crippen molar-refractivity contribution < 1.29 is 24.2 Å². The first-order chi connectivity index (χ1) is 16.6. The van der Waals surface area contributed by atoms with Crippen molar-refractivity contribution in [2.45, 2.75) is 25.7 Å². The number of carboxylic acids is 1. The highest BCUT2D eigenvalue weighted by atomic mass is 16.5. The average Bonchev–Trinajstić information content (AvgIpc) is 2.87. The molecule has 4 rings (SSSR count). The standard InChI is InChI=1S/C27H24N2O5/c30-26(31)25(29-27(32)34-17-20-6-2-1-3-7-20)16-19-10-14-23(15-11-19)33-18-22-13-12-21-8-4-5-9-24(21)28-22/h1-15,25H,16-18H2,(H,29,32)(H,30,31)/t25-/m0/s1. The minimum Gasteiger partial charge on any atom is -0.487 e. The van der Waals surface area contributed by atoms with Crippen LogP contribution in [0.4, 0.5) is 4.79 Å². The molecule has 0 aliphatic carbocycles. The summed E-state index contributed by atoms with van der Waals surface area (Å²) in [6.07, 6.45) is -0.665. The van der Waals surface area contributed by atoms with Gasteiger partial charge >= 0.3 is 12.1 Å². The zero-order chi connectivity index (χ0) is 23.8. The molecule has 2 N–H and O–H groups in total. The van der Waals surface area contributed by atoms with Crippen LogP contribution in [-0.4, -0.2) is 28.2 Å². The molecule has 0 radical (unpaired) electrons. The van der Waals surface area contributed by atoms with Crippen molar-refractivity contribution in [3.8, 4) is 5.75 Å². The van der Waals surface area contributed by atoms with E-state index in [0.717, 1.165) is 27.7 Å². The number of alkyl carbamates (subject to hydrolysis) is 1. The Bertz CT molecular complexity index is 1260. The maximum absolute atomic E-state index is 12.1. The minimum atomic E-state index is -1.14. The number of aliphatic carboxylic acids is 1. The largest absolute Gasteiger partial charge is 0.487 e. The van der Waals surface area contributed by atoms with Gasteiger partial charge < -0.3 is 19.9 Å². The monoisotopic (exact) mass is 456 g/mol. The quantitative estimate of drug-likeness (QED) is 0.378. The molecule has 1 atom stereocenters. The Labute approximate surface area is 197 Å². The average molecular weight is 456 g/mol. The number of nitrogens with zero attached hydrogens (tertiary/aromatic N) is 1. The van der Waals surface area contributed by atoms with Crippen molar-refractivity contribution in [1.29, 1.82) is 0 Å². The Hall–Kier alpha value is -4.39. The predicted octanol–water partition coefficient (Wildman–Crippen LogP) is 4.74. The van der Waals surface area contributed by atoms with Crippen molar-refractivity contribution in [1.82, 2.24) is 10.3 Å². The Balaban J connectivity index is 1.29. The molecule has 7 nitrogen and oxygen atoms in total. The number of hydrogen-bond acceptors (Lipinski definition) is 5. The van der Waals surface area contributed by atoms with Crippen LogP contribution in [0.5, 0.6) is 5.75 Å². The lowest BCUT2D eigenvalue weighted by atomic mass is 10.1. The van der Waals surface area contributed by atoms with Crippen molar-refractivity contribution in [3.63, 3.8) is 0 Å². The van der Waals surface area contributed by atoms with E-state index in [2.05, 4.69) is 10.3 Å². The molecule has 1 amide bonds. The van der Waals surface area contributed by atoms with Gasteiger partial charge in [-0.2, -0.15) is 0 Å². The third-order valence-corrected chi connectivity index (χ3v) is 5.21. The number of benzene rings is 3. The zero-order valence-electron chi connectivity index (χ0n) is 18.4. The zero-order valence-corrected chi connectivity index (χ0v) is 18.4. The van der Waals surface area contributed by atoms with Crippen LogP contribution in [0.3, 0.4) is 0 Å². The second kappa shape index (κ2) is 11.0. The van der Waals surface area contributed by atoms with Crippen LogP contribution in [-0.2, 0) is 29.2 Å². The molecule has 0 unspecified atom stereocenters. The van der Waals surface area contributed by atoms with E-state index in [1.54, 1.807) is 24.3 Å². The van der Waals surface area contributed by atoms with Crippen molar-refractivity contribution in [3.05, 3.63) is 108 Å². The smallest absolute Gasteiger partial charge is 0.408 e. The molecule has 1 heterocycles. The van der Waals surface area contributed by atoms with Gasteiger partial charge in [0.25, 0.3) is 0 Å². The van der Waals surface area contributed by atoms with Crippen LogP contribution < -0.4 is 10.1 Å². The number of fused-ring (bicyclic) bond motifs is 1. The van der Waals surface area contributed by atoms with Gasteiger partial charge in [-0.25, -0.2) is 14.6 Å². The number of ether oxygens (including phenoxy) is 2. The van der Waals surface area contributed by atoms with Gasteiger partial charge in [-0.1, -0.05) is 66.7 Å². The molecule has 1 aromatic heterocycles. The molecule has 0 bridgehead atoms. The van der Waals surface area contributed by atoms with E-state index in [9.17, 15) is 14.7 Å². The molecule has 0 spiro atoms. The van der Waals surface area contributed by atoms with E-state index in [1.807, 2.05) is 66.7 Å². The summed E-state index contributed by atoms with van der Waals surface area (Å²) in [6.45, 7) is 0.383. The van der Waals surface area contributed by atoms with Gasteiger partial charge in [0.2, 0.25) is 0 Å². The van der Waals surface area contributed by atoms with Crippen LogP contribution >= 0.6 is 0 Å². The maximum Gasteiger partial charge on any atom is 0.408 e. The number of hydrogen-bond donors (Lipinski definition) is 2. The number of para-hydroxylation sites is 1. The first kappa shape index (κ1) is 22.8. The Morgan fingerprint density at radius 1 is 0.824 bits per heavy atom. The van der Waals surface area contributed by atoms with Crippen LogP contribution in [0, 0.1) is 0 Å². The lowest BCUT2D eigenvalue weighted by Gasteiger charge is -2.15. The first-order valence-electron chi connectivity index (χ1n) is 10.8. The summed E-state index contributed by atoms with van der Waals surface area (Å²) in [5.41, 5.74) is 3.28. The number of carbonyl (C=O) groups excluding carboxylic acids is 1. The van der Waals surface area contributed by atoms with Gasteiger partial charge in [-0.05, 0) is 35.4 Å². The third kappa shape index (κ3) is 6.32. The fourth-order valence-corrected chi connectivity index (χ4v) is 3.41. The van der Waals surface area contributed by atoms with Gasteiger partial charge in [0.1, 0.15) is 25.0 Å². The SMILES string of the molecule is O=C(N[C@@H](Cc1ccc(OCc2ccc3ccccc3n2)cc1)C(=O)O)OCc1ccccc1. The van der Waals surface area contributed by atoms with Gasteiger partial charge in [-0.3, -0.25) is 0 Å². The van der Waals surface area contributed by atoms with E-state index in [4.69, 9.17) is 9.47 Å². The molecular weight excluding hydrogens is 432 g/mol. The number of pyridine rings is 1. The Morgan fingerprint density at radius 2 is 1.56 bits per heavy atom. The molecule has 172 valence electrons. The van der Waals surface area contributed by atoms with Crippen molar-refractivity contribution in [2.24, 2.45) is 0 Å². The Kier molecular flexibility index (Phi) is 7.35. The van der Waals surface area contributed by atoms with Crippen LogP contribution in [0.15, 0.2) is 91.0 Å². The van der Waals surface area contributed by atoms with E-state index in [0.29, 0.717) is 12.4 Å². The topological polar surface area (TPSA) is 97.8 Å². The van der Waals surface area contributed by atoms with Crippen LogP contribution in [0.1, 0.15) is 16.8 Å². The lowest BCUT2D eigenvalue weighted by molar-refractivity contribution is -0.139. The fraction of sp³-hybridized carbons (Fsp3) is 0.148. The predicted molar refractivity (Wildman–Crippen MR) is 127 cm³/mol. The van der Waals surface area contributed by atoms with Gasteiger partial charge in [0, 0.05) is 11.8 Å². The van der Waals surface area contributed by atoms with Gasteiger partial charge in [-0.15, -0.1) is 0 Å². The summed E-state index contributed by atoms with van der Waals surface area (Å²) in [6, 6.07) is 27.0. The van der Waals surface area contributed by atoms with Crippen LogP contribution in [0.25, 0.3) is 10.9 Å². The summed E-state index contributed by atoms with van der Waals surface area (Å²) >= 11 is 0. The molecule has 0 saturated heterocycles.